The van der Waals surface area contributed by atoms with Crippen LogP contribution >= 0.6 is 24.2 Å². The molecule has 1 aliphatic heterocycles. The minimum Gasteiger partial charge on any atom is -0.329 e. The monoisotopic (exact) mass is 366 g/mol. The highest BCUT2D eigenvalue weighted by Gasteiger charge is 2.24. The number of halogens is 1. The Balaban J connectivity index is 0.00000208. The third-order valence-electron chi connectivity index (χ3n) is 4.10. The Labute approximate surface area is 153 Å². The molecule has 130 valence electrons. The average molecular weight is 367 g/mol. The molecule has 0 aliphatic carbocycles. The number of hydrogen-bond donors (Lipinski definition) is 2. The summed E-state index contributed by atoms with van der Waals surface area (Å²) in [6.07, 6.45) is 5.52. The van der Waals surface area contributed by atoms with E-state index in [1.165, 1.54) is 0 Å². The van der Waals surface area contributed by atoms with Crippen LogP contribution in [0.4, 0.5) is 5.69 Å². The van der Waals surface area contributed by atoms with E-state index in [1.54, 1.807) is 18.0 Å². The van der Waals surface area contributed by atoms with Crippen LogP contribution in [0.25, 0.3) is 0 Å². The fourth-order valence-corrected chi connectivity index (χ4v) is 3.58. The van der Waals surface area contributed by atoms with Gasteiger partial charge in [-0.3, -0.25) is 4.79 Å². The minimum atomic E-state index is 0. The molecule has 1 aliphatic rings. The molecule has 1 aromatic carbocycles. The zero-order valence-electron chi connectivity index (χ0n) is 13.9. The standard InChI is InChI=1S/C17H22N4OS.ClH/c1-12-11-13(7-8-18-12)16(22)20-14-3-5-15(6-4-14)23-17-19-9-10-21(17)2;/h3-6,9-10,12-13,18H,7-8,11H2,1-2H3,(H,20,22);1H/t12-,13-;/m0./s1. The first-order valence-corrected chi connectivity index (χ1v) is 8.73. The number of benzene rings is 1. The summed E-state index contributed by atoms with van der Waals surface area (Å²) in [4.78, 5) is 17.7. The number of carbonyl (C=O) groups excluding carboxylic acids is 1. The van der Waals surface area contributed by atoms with Crippen LogP contribution in [0, 0.1) is 5.92 Å². The SMILES string of the molecule is C[C@H]1C[C@@H](C(=O)Nc2ccc(Sc3nccn3C)cc2)CCN1.Cl. The van der Waals surface area contributed by atoms with Gasteiger partial charge < -0.3 is 15.2 Å². The summed E-state index contributed by atoms with van der Waals surface area (Å²) in [6, 6.07) is 8.34. The fraction of sp³-hybridized carbons (Fsp3) is 0.412. The number of hydrogen-bond acceptors (Lipinski definition) is 4. The van der Waals surface area contributed by atoms with Crippen LogP contribution in [-0.2, 0) is 11.8 Å². The molecule has 2 heterocycles. The summed E-state index contributed by atoms with van der Waals surface area (Å²) in [5, 5.41) is 7.36. The number of aromatic nitrogens is 2. The van der Waals surface area contributed by atoms with Crippen LogP contribution in [-0.4, -0.2) is 28.0 Å². The molecule has 0 saturated carbocycles. The maximum Gasteiger partial charge on any atom is 0.227 e. The molecule has 1 fully saturated rings. The second-order valence-electron chi connectivity index (χ2n) is 6.01. The lowest BCUT2D eigenvalue weighted by Crippen LogP contribution is -2.40. The van der Waals surface area contributed by atoms with Crippen LogP contribution in [0.1, 0.15) is 19.8 Å². The van der Waals surface area contributed by atoms with E-state index in [1.807, 2.05) is 42.1 Å². The maximum atomic E-state index is 12.3. The fourth-order valence-electron chi connectivity index (χ4n) is 2.78. The van der Waals surface area contributed by atoms with Crippen molar-refractivity contribution in [1.29, 1.82) is 0 Å². The molecule has 3 rings (SSSR count). The molecule has 0 radical (unpaired) electrons. The molecule has 0 unspecified atom stereocenters. The minimum absolute atomic E-state index is 0. The smallest absolute Gasteiger partial charge is 0.227 e. The summed E-state index contributed by atoms with van der Waals surface area (Å²) < 4.78 is 1.98. The van der Waals surface area contributed by atoms with Gasteiger partial charge in [0.25, 0.3) is 0 Å². The molecule has 0 bridgehead atoms. The highest BCUT2D eigenvalue weighted by molar-refractivity contribution is 7.99. The summed E-state index contributed by atoms with van der Waals surface area (Å²) >= 11 is 1.61. The van der Waals surface area contributed by atoms with Crippen LogP contribution in [0.2, 0.25) is 0 Å². The van der Waals surface area contributed by atoms with Crippen LogP contribution in [0.5, 0.6) is 0 Å². The Morgan fingerprint density at radius 2 is 2.12 bits per heavy atom. The predicted molar refractivity (Wildman–Crippen MR) is 99.8 cm³/mol. The number of piperidine rings is 1. The first kappa shape index (κ1) is 18.8. The topological polar surface area (TPSA) is 59.0 Å². The van der Waals surface area contributed by atoms with Gasteiger partial charge >= 0.3 is 0 Å². The van der Waals surface area contributed by atoms with E-state index in [4.69, 9.17) is 0 Å². The van der Waals surface area contributed by atoms with Gasteiger partial charge in [-0.2, -0.15) is 0 Å². The van der Waals surface area contributed by atoms with E-state index in [9.17, 15) is 4.79 Å². The number of imidazole rings is 1. The van der Waals surface area contributed by atoms with Crippen LogP contribution < -0.4 is 10.6 Å². The van der Waals surface area contributed by atoms with Crippen molar-refractivity contribution in [3.63, 3.8) is 0 Å². The van der Waals surface area contributed by atoms with E-state index in [2.05, 4.69) is 22.5 Å². The van der Waals surface area contributed by atoms with Gasteiger partial charge in [0.15, 0.2) is 5.16 Å². The summed E-state index contributed by atoms with van der Waals surface area (Å²) in [7, 11) is 1.98. The van der Waals surface area contributed by atoms with Gasteiger partial charge in [-0.15, -0.1) is 12.4 Å². The number of nitrogens with one attached hydrogen (secondary N) is 2. The zero-order valence-corrected chi connectivity index (χ0v) is 15.5. The number of aryl methyl sites for hydroxylation is 1. The quantitative estimate of drug-likeness (QED) is 0.871. The van der Waals surface area contributed by atoms with Gasteiger partial charge in [0, 0.05) is 42.0 Å². The number of rotatable bonds is 4. The molecule has 1 aromatic heterocycles. The Kier molecular flexibility index (Phi) is 6.71. The molecule has 2 N–H and O–H groups in total. The second kappa shape index (κ2) is 8.55. The molecule has 1 saturated heterocycles. The van der Waals surface area contributed by atoms with Gasteiger partial charge in [0.05, 0.1) is 0 Å². The van der Waals surface area contributed by atoms with Gasteiger partial charge in [-0.25, -0.2) is 4.98 Å². The Morgan fingerprint density at radius 3 is 2.75 bits per heavy atom. The van der Waals surface area contributed by atoms with Crippen molar-refractivity contribution in [1.82, 2.24) is 14.9 Å². The van der Waals surface area contributed by atoms with Crippen molar-refractivity contribution in [2.45, 2.75) is 35.9 Å². The van der Waals surface area contributed by atoms with Crippen molar-refractivity contribution < 1.29 is 4.79 Å². The number of nitrogens with zero attached hydrogens (tertiary/aromatic N) is 2. The summed E-state index contributed by atoms with van der Waals surface area (Å²) in [5.74, 6) is 0.232. The number of anilines is 1. The normalized spacial score (nSPS) is 20.2. The lowest BCUT2D eigenvalue weighted by atomic mass is 9.92. The van der Waals surface area contributed by atoms with E-state index in [0.29, 0.717) is 6.04 Å². The molecule has 24 heavy (non-hydrogen) atoms. The molecule has 2 atom stereocenters. The Morgan fingerprint density at radius 1 is 1.38 bits per heavy atom. The maximum absolute atomic E-state index is 12.3. The second-order valence-corrected chi connectivity index (χ2v) is 7.05. The van der Waals surface area contributed by atoms with E-state index < -0.39 is 0 Å². The van der Waals surface area contributed by atoms with Gasteiger partial charge in [0.2, 0.25) is 5.91 Å². The van der Waals surface area contributed by atoms with Gasteiger partial charge in [0.1, 0.15) is 0 Å². The molecular formula is C17H23ClN4OS. The highest BCUT2D eigenvalue weighted by Crippen LogP contribution is 2.27. The Bertz CT molecular complexity index is 673. The summed E-state index contributed by atoms with van der Waals surface area (Å²) in [5.41, 5.74) is 0.852. The number of amides is 1. The lowest BCUT2D eigenvalue weighted by molar-refractivity contribution is -0.120. The Hall–Kier alpha value is -1.50. The molecular weight excluding hydrogens is 344 g/mol. The van der Waals surface area contributed by atoms with Crippen molar-refractivity contribution in [2.24, 2.45) is 13.0 Å². The zero-order chi connectivity index (χ0) is 16.2. The third kappa shape index (κ3) is 4.75. The molecule has 0 spiro atoms. The van der Waals surface area contributed by atoms with Gasteiger partial charge in [-0.1, -0.05) is 11.8 Å². The number of carbonyl (C=O) groups is 1. The molecule has 7 heteroatoms. The summed E-state index contributed by atoms with van der Waals surface area (Å²) in [6.45, 7) is 3.04. The van der Waals surface area contributed by atoms with Crippen LogP contribution in [0.15, 0.2) is 46.7 Å². The lowest BCUT2D eigenvalue weighted by Gasteiger charge is -2.27. The van der Waals surface area contributed by atoms with Crippen LogP contribution in [0.3, 0.4) is 0 Å². The first-order valence-electron chi connectivity index (χ1n) is 7.91. The molecule has 5 nitrogen and oxygen atoms in total. The van der Waals surface area contributed by atoms with E-state index >= 15 is 0 Å². The van der Waals surface area contributed by atoms with Crippen molar-refractivity contribution in [2.75, 3.05) is 11.9 Å². The molecule has 2 aromatic rings. The van der Waals surface area contributed by atoms with Crippen molar-refractivity contribution >= 4 is 35.8 Å². The van der Waals surface area contributed by atoms with E-state index in [0.717, 1.165) is 35.1 Å². The predicted octanol–water partition coefficient (Wildman–Crippen LogP) is 3.32. The first-order chi connectivity index (χ1) is 11.1. The van der Waals surface area contributed by atoms with E-state index in [-0.39, 0.29) is 24.2 Å². The van der Waals surface area contributed by atoms with Crippen molar-refractivity contribution in [3.8, 4) is 0 Å². The average Bonchev–Trinajstić information content (AvgIpc) is 2.94. The molecule has 1 amide bonds. The van der Waals surface area contributed by atoms with Gasteiger partial charge in [-0.05, 0) is 50.6 Å². The third-order valence-corrected chi connectivity index (χ3v) is 5.19. The highest BCUT2D eigenvalue weighted by atomic mass is 35.5. The van der Waals surface area contributed by atoms with Crippen molar-refractivity contribution in [3.05, 3.63) is 36.7 Å². The largest absolute Gasteiger partial charge is 0.329 e.